The number of anilines is 1. The van der Waals surface area contributed by atoms with Crippen molar-refractivity contribution in [2.75, 3.05) is 5.32 Å². The highest BCUT2D eigenvalue weighted by Crippen LogP contribution is 2.35. The minimum Gasteiger partial charge on any atom is -0.364 e. The Balaban J connectivity index is 2.25. The maximum Gasteiger partial charge on any atom is 0.324 e. The van der Waals surface area contributed by atoms with E-state index in [4.69, 9.17) is 33.8 Å². The standard InChI is InChI=1S/C11H13Cl2N3O2/c1-2-9(17)18-16-5-6-8(15-11(16)14)4-3-7(12)10(6)13/h3-4,11,15H,2,5,14H2,1H3. The first-order chi connectivity index (χ1) is 8.52. The number of halogens is 2. The molecule has 0 amide bonds. The van der Waals surface area contributed by atoms with E-state index in [2.05, 4.69) is 5.32 Å². The lowest BCUT2D eigenvalue weighted by atomic mass is 10.1. The molecule has 18 heavy (non-hydrogen) atoms. The summed E-state index contributed by atoms with van der Waals surface area (Å²) in [5, 5.41) is 5.22. The van der Waals surface area contributed by atoms with Crippen LogP contribution in [0, 0.1) is 0 Å². The van der Waals surface area contributed by atoms with Gasteiger partial charge in [-0.3, -0.25) is 10.5 Å². The van der Waals surface area contributed by atoms with Gasteiger partial charge in [-0.15, -0.1) is 0 Å². The van der Waals surface area contributed by atoms with E-state index in [-0.39, 0.29) is 12.4 Å². The number of carbonyl (C=O) groups is 1. The van der Waals surface area contributed by atoms with Gasteiger partial charge in [0.05, 0.1) is 16.6 Å². The van der Waals surface area contributed by atoms with Crippen LogP contribution in [0.5, 0.6) is 0 Å². The first kappa shape index (κ1) is 13.4. The molecule has 0 aromatic heterocycles. The lowest BCUT2D eigenvalue weighted by molar-refractivity contribution is -0.203. The van der Waals surface area contributed by atoms with Gasteiger partial charge < -0.3 is 10.2 Å². The molecule has 0 spiro atoms. The molecule has 98 valence electrons. The average Bonchev–Trinajstić information content (AvgIpc) is 2.36. The van der Waals surface area contributed by atoms with Gasteiger partial charge in [0.25, 0.3) is 0 Å². The zero-order chi connectivity index (χ0) is 13.3. The van der Waals surface area contributed by atoms with Crippen LogP contribution in [0.1, 0.15) is 18.9 Å². The molecule has 1 unspecified atom stereocenters. The molecular weight excluding hydrogens is 277 g/mol. The van der Waals surface area contributed by atoms with Gasteiger partial charge in [0, 0.05) is 17.7 Å². The van der Waals surface area contributed by atoms with Crippen molar-refractivity contribution in [3.8, 4) is 0 Å². The SMILES string of the molecule is CCC(=O)ON1Cc2c(ccc(Cl)c2Cl)NC1N. The topological polar surface area (TPSA) is 67.6 Å². The molecule has 1 heterocycles. The highest BCUT2D eigenvalue weighted by atomic mass is 35.5. The Kier molecular flexibility index (Phi) is 3.97. The predicted molar refractivity (Wildman–Crippen MR) is 70.0 cm³/mol. The number of nitrogens with one attached hydrogen (secondary N) is 1. The van der Waals surface area contributed by atoms with Crippen LogP contribution in [0.4, 0.5) is 5.69 Å². The van der Waals surface area contributed by atoms with Crippen LogP contribution in [-0.2, 0) is 16.2 Å². The lowest BCUT2D eigenvalue weighted by Gasteiger charge is -2.34. The summed E-state index contributed by atoms with van der Waals surface area (Å²) >= 11 is 12.1. The minimum absolute atomic E-state index is 0.277. The van der Waals surface area contributed by atoms with Gasteiger partial charge in [-0.2, -0.15) is 0 Å². The van der Waals surface area contributed by atoms with Crippen molar-refractivity contribution in [2.24, 2.45) is 5.73 Å². The third-order valence-electron chi connectivity index (χ3n) is 2.63. The van der Waals surface area contributed by atoms with E-state index in [9.17, 15) is 4.79 Å². The fourth-order valence-corrected chi connectivity index (χ4v) is 2.05. The van der Waals surface area contributed by atoms with Crippen molar-refractivity contribution in [3.63, 3.8) is 0 Å². The highest BCUT2D eigenvalue weighted by Gasteiger charge is 2.27. The van der Waals surface area contributed by atoms with Gasteiger partial charge in [-0.25, -0.2) is 0 Å². The van der Waals surface area contributed by atoms with Crippen molar-refractivity contribution in [2.45, 2.75) is 26.2 Å². The van der Waals surface area contributed by atoms with Crippen molar-refractivity contribution < 1.29 is 9.63 Å². The van der Waals surface area contributed by atoms with E-state index >= 15 is 0 Å². The van der Waals surface area contributed by atoms with Crippen LogP contribution in [-0.4, -0.2) is 17.3 Å². The zero-order valence-electron chi connectivity index (χ0n) is 9.74. The Bertz CT molecular complexity index is 482. The van der Waals surface area contributed by atoms with Gasteiger partial charge in [-0.1, -0.05) is 35.2 Å². The minimum atomic E-state index is -0.606. The van der Waals surface area contributed by atoms with Crippen LogP contribution < -0.4 is 11.1 Å². The molecule has 3 N–H and O–H groups in total. The fourth-order valence-electron chi connectivity index (χ4n) is 1.65. The first-order valence-electron chi connectivity index (χ1n) is 5.49. The van der Waals surface area contributed by atoms with Crippen molar-refractivity contribution in [1.82, 2.24) is 5.06 Å². The van der Waals surface area contributed by atoms with Gasteiger partial charge in [0.1, 0.15) is 0 Å². The number of nitrogens with zero attached hydrogens (tertiary/aromatic N) is 1. The number of carbonyl (C=O) groups excluding carboxylic acids is 1. The number of hydrogen-bond donors (Lipinski definition) is 2. The number of rotatable bonds is 2. The van der Waals surface area contributed by atoms with Crippen molar-refractivity contribution in [3.05, 3.63) is 27.7 Å². The Morgan fingerprint density at radius 3 is 3.00 bits per heavy atom. The Morgan fingerprint density at radius 2 is 2.33 bits per heavy atom. The summed E-state index contributed by atoms with van der Waals surface area (Å²) in [4.78, 5) is 16.4. The Labute approximate surface area is 115 Å². The second kappa shape index (κ2) is 5.32. The maximum atomic E-state index is 11.3. The van der Waals surface area contributed by atoms with Crippen LogP contribution in [0.15, 0.2) is 12.1 Å². The molecule has 1 aliphatic heterocycles. The zero-order valence-corrected chi connectivity index (χ0v) is 11.3. The summed E-state index contributed by atoms with van der Waals surface area (Å²) in [5.74, 6) is -0.353. The average molecular weight is 290 g/mol. The van der Waals surface area contributed by atoms with E-state index in [0.29, 0.717) is 16.6 Å². The molecule has 5 nitrogen and oxygen atoms in total. The Morgan fingerprint density at radius 1 is 1.61 bits per heavy atom. The van der Waals surface area contributed by atoms with Crippen LogP contribution in [0.2, 0.25) is 10.0 Å². The molecule has 7 heteroatoms. The van der Waals surface area contributed by atoms with E-state index in [1.807, 2.05) is 0 Å². The van der Waals surface area contributed by atoms with E-state index in [1.54, 1.807) is 19.1 Å². The molecular formula is C11H13Cl2N3O2. The van der Waals surface area contributed by atoms with Gasteiger partial charge in [0.15, 0.2) is 6.29 Å². The predicted octanol–water partition coefficient (Wildman–Crippen LogP) is 2.33. The molecule has 0 fully saturated rings. The molecule has 0 saturated carbocycles. The van der Waals surface area contributed by atoms with Crippen molar-refractivity contribution in [1.29, 1.82) is 0 Å². The van der Waals surface area contributed by atoms with Crippen LogP contribution in [0.25, 0.3) is 0 Å². The molecule has 1 aromatic rings. The molecule has 0 radical (unpaired) electrons. The fraction of sp³-hybridized carbons (Fsp3) is 0.364. The first-order valence-corrected chi connectivity index (χ1v) is 6.25. The highest BCUT2D eigenvalue weighted by molar-refractivity contribution is 6.42. The van der Waals surface area contributed by atoms with Crippen LogP contribution >= 0.6 is 23.2 Å². The summed E-state index contributed by atoms with van der Waals surface area (Å²) in [6.45, 7) is 2.01. The van der Waals surface area contributed by atoms with E-state index in [1.165, 1.54) is 5.06 Å². The maximum absolute atomic E-state index is 11.3. The number of nitrogens with two attached hydrogens (primary N) is 1. The van der Waals surface area contributed by atoms with E-state index in [0.717, 1.165) is 11.3 Å². The van der Waals surface area contributed by atoms with Crippen LogP contribution in [0.3, 0.4) is 0 Å². The summed E-state index contributed by atoms with van der Waals surface area (Å²) in [6, 6.07) is 3.48. The monoisotopic (exact) mass is 289 g/mol. The number of hydroxylamine groups is 2. The van der Waals surface area contributed by atoms with Crippen molar-refractivity contribution >= 4 is 34.9 Å². The third kappa shape index (κ3) is 2.54. The smallest absolute Gasteiger partial charge is 0.324 e. The molecule has 0 saturated heterocycles. The number of benzene rings is 1. The molecule has 1 aliphatic rings. The molecule has 1 atom stereocenters. The largest absolute Gasteiger partial charge is 0.364 e. The van der Waals surface area contributed by atoms with Gasteiger partial charge in [0.2, 0.25) is 0 Å². The molecule has 2 rings (SSSR count). The summed E-state index contributed by atoms with van der Waals surface area (Å²) < 4.78 is 0. The normalized spacial score (nSPS) is 19.0. The molecule has 1 aromatic carbocycles. The quantitative estimate of drug-likeness (QED) is 0.875. The molecule has 0 bridgehead atoms. The number of hydrogen-bond acceptors (Lipinski definition) is 5. The summed E-state index contributed by atoms with van der Waals surface area (Å²) in [7, 11) is 0. The third-order valence-corrected chi connectivity index (χ3v) is 3.47. The number of fused-ring (bicyclic) bond motifs is 1. The van der Waals surface area contributed by atoms with Gasteiger partial charge in [-0.05, 0) is 12.1 Å². The second-order valence-electron chi connectivity index (χ2n) is 3.87. The second-order valence-corrected chi connectivity index (χ2v) is 4.65. The summed E-state index contributed by atoms with van der Waals surface area (Å²) in [5.41, 5.74) is 7.40. The lowest BCUT2D eigenvalue weighted by Crippen LogP contribution is -2.50. The summed E-state index contributed by atoms with van der Waals surface area (Å²) in [6.07, 6.45) is -0.329. The molecule has 0 aliphatic carbocycles. The van der Waals surface area contributed by atoms with E-state index < -0.39 is 6.29 Å². The van der Waals surface area contributed by atoms with Gasteiger partial charge >= 0.3 is 5.97 Å². The Hall–Kier alpha value is -1.01.